The van der Waals surface area contributed by atoms with Gasteiger partial charge in [-0.1, -0.05) is 41.6 Å². The SMILES string of the molecule is O=C(COC(=O)CSc1nnc2c(n1)[nH]c1ccccc12)Nc1ccc(Cl)cn1. The molecule has 0 aliphatic carbocycles. The van der Waals surface area contributed by atoms with Crippen LogP contribution < -0.4 is 5.32 Å². The van der Waals surface area contributed by atoms with E-state index in [1.807, 2.05) is 24.3 Å². The minimum atomic E-state index is -0.574. The van der Waals surface area contributed by atoms with Gasteiger partial charge in [0, 0.05) is 17.1 Å². The van der Waals surface area contributed by atoms with Crippen molar-refractivity contribution in [2.45, 2.75) is 5.16 Å². The number of anilines is 1. The predicted molar refractivity (Wildman–Crippen MR) is 109 cm³/mol. The van der Waals surface area contributed by atoms with Gasteiger partial charge in [-0.25, -0.2) is 9.97 Å². The number of para-hydroxylation sites is 1. The number of nitrogens with one attached hydrogen (secondary N) is 2. The van der Waals surface area contributed by atoms with E-state index in [-0.39, 0.29) is 5.75 Å². The third-order valence-electron chi connectivity index (χ3n) is 3.78. The molecule has 29 heavy (non-hydrogen) atoms. The summed E-state index contributed by atoms with van der Waals surface area (Å²) in [6.45, 7) is -0.427. The monoisotopic (exact) mass is 428 g/mol. The second-order valence-electron chi connectivity index (χ2n) is 5.82. The molecule has 0 atom stereocenters. The fourth-order valence-electron chi connectivity index (χ4n) is 2.51. The highest BCUT2D eigenvalue weighted by molar-refractivity contribution is 7.99. The molecule has 9 nitrogen and oxygen atoms in total. The molecule has 0 spiro atoms. The second-order valence-corrected chi connectivity index (χ2v) is 7.20. The second kappa shape index (κ2) is 8.41. The number of carbonyl (C=O) groups is 2. The van der Waals surface area contributed by atoms with Gasteiger partial charge in [-0.3, -0.25) is 9.59 Å². The van der Waals surface area contributed by atoms with Crippen LogP contribution in [0.25, 0.3) is 22.1 Å². The van der Waals surface area contributed by atoms with Crippen molar-refractivity contribution < 1.29 is 14.3 Å². The molecule has 11 heteroatoms. The van der Waals surface area contributed by atoms with Crippen molar-refractivity contribution in [2.75, 3.05) is 17.7 Å². The zero-order chi connectivity index (χ0) is 20.2. The summed E-state index contributed by atoms with van der Waals surface area (Å²) in [7, 11) is 0. The van der Waals surface area contributed by atoms with Crippen LogP contribution in [0.2, 0.25) is 5.02 Å². The molecule has 4 rings (SSSR count). The minimum absolute atomic E-state index is 0.0557. The van der Waals surface area contributed by atoms with E-state index in [1.165, 1.54) is 6.20 Å². The van der Waals surface area contributed by atoms with Crippen LogP contribution in [-0.2, 0) is 14.3 Å². The van der Waals surface area contributed by atoms with Crippen LogP contribution >= 0.6 is 23.4 Å². The number of hydrogen-bond acceptors (Lipinski definition) is 8. The molecule has 1 aromatic carbocycles. The summed E-state index contributed by atoms with van der Waals surface area (Å²) in [5.41, 5.74) is 2.17. The van der Waals surface area contributed by atoms with Gasteiger partial charge in [0.15, 0.2) is 12.3 Å². The summed E-state index contributed by atoms with van der Waals surface area (Å²) in [4.78, 5) is 35.1. The zero-order valence-corrected chi connectivity index (χ0v) is 16.3. The molecule has 3 heterocycles. The van der Waals surface area contributed by atoms with Crippen LogP contribution in [0.4, 0.5) is 5.82 Å². The van der Waals surface area contributed by atoms with E-state index >= 15 is 0 Å². The Labute approximate surface area is 173 Å². The van der Waals surface area contributed by atoms with Crippen LogP contribution in [0.3, 0.4) is 0 Å². The first-order valence-electron chi connectivity index (χ1n) is 8.39. The molecule has 0 saturated carbocycles. The number of halogens is 1. The predicted octanol–water partition coefficient (Wildman–Crippen LogP) is 2.83. The van der Waals surface area contributed by atoms with Gasteiger partial charge in [0.25, 0.3) is 5.91 Å². The van der Waals surface area contributed by atoms with Crippen molar-refractivity contribution in [1.29, 1.82) is 0 Å². The summed E-state index contributed by atoms with van der Waals surface area (Å²) in [5, 5.41) is 12.4. The Morgan fingerprint density at radius 3 is 2.86 bits per heavy atom. The Morgan fingerprint density at radius 2 is 2.03 bits per heavy atom. The van der Waals surface area contributed by atoms with Gasteiger partial charge in [0.2, 0.25) is 5.16 Å². The van der Waals surface area contributed by atoms with E-state index in [4.69, 9.17) is 16.3 Å². The number of ether oxygens (including phenoxy) is 1. The van der Waals surface area contributed by atoms with Gasteiger partial charge in [0.05, 0.1) is 10.8 Å². The highest BCUT2D eigenvalue weighted by Crippen LogP contribution is 2.23. The summed E-state index contributed by atoms with van der Waals surface area (Å²) in [5.74, 6) is -0.819. The Bertz CT molecular complexity index is 1200. The quantitative estimate of drug-likeness (QED) is 0.355. The summed E-state index contributed by atoms with van der Waals surface area (Å²) < 4.78 is 4.95. The number of rotatable bonds is 6. The molecule has 2 N–H and O–H groups in total. The number of carbonyl (C=O) groups excluding carboxylic acids is 2. The number of esters is 1. The lowest BCUT2D eigenvalue weighted by Gasteiger charge is -2.05. The van der Waals surface area contributed by atoms with Crippen LogP contribution in [0.1, 0.15) is 0 Å². The maximum Gasteiger partial charge on any atom is 0.316 e. The number of amides is 1. The summed E-state index contributed by atoms with van der Waals surface area (Å²) in [6, 6.07) is 10.8. The highest BCUT2D eigenvalue weighted by atomic mass is 35.5. The Morgan fingerprint density at radius 1 is 1.17 bits per heavy atom. The largest absolute Gasteiger partial charge is 0.455 e. The first-order chi connectivity index (χ1) is 14.1. The molecular formula is C18H13ClN6O3S. The molecule has 0 aliphatic heterocycles. The Hall–Kier alpha value is -3.24. The Kier molecular flexibility index (Phi) is 5.54. The van der Waals surface area contributed by atoms with Crippen LogP contribution in [0.5, 0.6) is 0 Å². The number of aromatic amines is 1. The number of fused-ring (bicyclic) bond motifs is 3. The molecule has 0 bridgehead atoms. The minimum Gasteiger partial charge on any atom is -0.455 e. The van der Waals surface area contributed by atoms with Gasteiger partial charge in [-0.05, 0) is 18.2 Å². The van der Waals surface area contributed by atoms with E-state index in [2.05, 4.69) is 30.5 Å². The van der Waals surface area contributed by atoms with Crippen molar-refractivity contribution in [3.63, 3.8) is 0 Å². The number of aromatic nitrogens is 5. The summed E-state index contributed by atoms with van der Waals surface area (Å²) in [6.07, 6.45) is 1.40. The number of thioether (sulfide) groups is 1. The third kappa shape index (κ3) is 4.61. The van der Waals surface area contributed by atoms with Crippen LogP contribution in [0.15, 0.2) is 47.8 Å². The number of hydrogen-bond donors (Lipinski definition) is 2. The Balaban J connectivity index is 1.29. The van der Waals surface area contributed by atoms with Crippen molar-refractivity contribution in [2.24, 2.45) is 0 Å². The van der Waals surface area contributed by atoms with E-state index < -0.39 is 18.5 Å². The number of pyridine rings is 1. The number of H-pyrrole nitrogens is 1. The van der Waals surface area contributed by atoms with Crippen molar-refractivity contribution in [3.05, 3.63) is 47.6 Å². The molecule has 4 aromatic rings. The molecule has 1 amide bonds. The van der Waals surface area contributed by atoms with Gasteiger partial charge in [-0.15, -0.1) is 10.2 Å². The molecular weight excluding hydrogens is 416 g/mol. The van der Waals surface area contributed by atoms with Gasteiger partial charge >= 0.3 is 5.97 Å². The molecule has 0 radical (unpaired) electrons. The van der Waals surface area contributed by atoms with E-state index in [0.29, 0.717) is 27.2 Å². The molecule has 0 saturated heterocycles. The van der Waals surface area contributed by atoms with Crippen LogP contribution in [-0.4, -0.2) is 49.4 Å². The van der Waals surface area contributed by atoms with Crippen molar-refractivity contribution in [1.82, 2.24) is 25.1 Å². The fraction of sp³-hybridized carbons (Fsp3) is 0.111. The lowest BCUT2D eigenvalue weighted by Crippen LogP contribution is -2.22. The van der Waals surface area contributed by atoms with Crippen molar-refractivity contribution >= 4 is 63.1 Å². The first kappa shape index (κ1) is 19.1. The van der Waals surface area contributed by atoms with Crippen molar-refractivity contribution in [3.8, 4) is 0 Å². The number of nitrogens with zero attached hydrogens (tertiary/aromatic N) is 4. The topological polar surface area (TPSA) is 123 Å². The lowest BCUT2D eigenvalue weighted by molar-refractivity contribution is -0.144. The van der Waals surface area contributed by atoms with Gasteiger partial charge < -0.3 is 15.0 Å². The smallest absolute Gasteiger partial charge is 0.316 e. The third-order valence-corrected chi connectivity index (χ3v) is 4.82. The molecule has 0 fully saturated rings. The molecule has 0 unspecified atom stereocenters. The van der Waals surface area contributed by atoms with E-state index in [1.54, 1.807) is 12.1 Å². The van der Waals surface area contributed by atoms with Gasteiger partial charge in [-0.2, -0.15) is 0 Å². The highest BCUT2D eigenvalue weighted by Gasteiger charge is 2.12. The number of benzene rings is 1. The average molecular weight is 429 g/mol. The normalized spacial score (nSPS) is 10.9. The maximum absolute atomic E-state index is 11.9. The van der Waals surface area contributed by atoms with Gasteiger partial charge in [0.1, 0.15) is 11.3 Å². The molecule has 3 aromatic heterocycles. The maximum atomic E-state index is 11.9. The standard InChI is InChI=1S/C18H13ClN6O3S/c19-10-5-6-13(20-7-10)22-14(26)8-28-15(27)9-29-18-23-17-16(24-25-18)11-3-1-2-4-12(11)21-17/h1-7H,8-9H2,(H,20,22,26)(H,21,23,25). The van der Waals surface area contributed by atoms with E-state index in [0.717, 1.165) is 22.7 Å². The van der Waals surface area contributed by atoms with Crippen LogP contribution in [0, 0.1) is 0 Å². The molecule has 146 valence electrons. The fourth-order valence-corrected chi connectivity index (χ4v) is 3.20. The summed E-state index contributed by atoms with van der Waals surface area (Å²) >= 11 is 6.80. The first-order valence-corrected chi connectivity index (χ1v) is 9.76. The molecule has 0 aliphatic rings. The average Bonchev–Trinajstić information content (AvgIpc) is 3.10. The zero-order valence-electron chi connectivity index (χ0n) is 14.8. The lowest BCUT2D eigenvalue weighted by atomic mass is 10.2. The van der Waals surface area contributed by atoms with E-state index in [9.17, 15) is 9.59 Å².